The van der Waals surface area contributed by atoms with Crippen molar-refractivity contribution >= 4 is 21.9 Å². The summed E-state index contributed by atoms with van der Waals surface area (Å²) in [6, 6.07) is 50.6. The number of furan rings is 1. The Morgan fingerprint density at radius 1 is 0.491 bits per heavy atom. The van der Waals surface area contributed by atoms with Crippen LogP contribution >= 0.6 is 0 Å². The standard InChI is InChI=1S/C50H38N4O/c51-30-31-13-20-45-44(24-31)42-19-16-38(26-46(42)55-45)37-9-6-10-39(25-37)48-52-47(36-7-2-1-3-8-36)53-49(54-48)43-12-5-4-11-41(43)35-14-17-40(18-15-35)50-27-32-21-33(28-50)23-34(22-32)29-50/h1-20,24-26,32-34H,21-23,27-29H2/t32-,33+,34-,50?. The van der Waals surface area contributed by atoms with Crippen molar-refractivity contribution in [2.75, 3.05) is 0 Å². The summed E-state index contributed by atoms with van der Waals surface area (Å²) in [7, 11) is 0. The minimum atomic E-state index is 0.370. The lowest BCUT2D eigenvalue weighted by Gasteiger charge is -2.57. The SMILES string of the molecule is N#Cc1ccc2oc3cc(-c4cccc(-c5nc(-c6ccccc6)nc(-c6ccccc6-c6ccc(C78C[C@H]9C[C@@H](C7)C[C@@H](C8)C9)cc6)n5)c4)ccc3c2c1. The van der Waals surface area contributed by atoms with Crippen LogP contribution in [0.2, 0.25) is 0 Å². The first-order valence-electron chi connectivity index (χ1n) is 19.6. The molecule has 6 aromatic carbocycles. The molecule has 5 heteroatoms. The Morgan fingerprint density at radius 2 is 1.11 bits per heavy atom. The number of hydrogen-bond donors (Lipinski definition) is 0. The highest BCUT2D eigenvalue weighted by Gasteiger charge is 2.51. The molecule has 2 heterocycles. The predicted molar refractivity (Wildman–Crippen MR) is 219 cm³/mol. The number of rotatable bonds is 6. The Labute approximate surface area is 320 Å². The van der Waals surface area contributed by atoms with Crippen molar-refractivity contribution in [2.45, 2.75) is 43.9 Å². The van der Waals surface area contributed by atoms with Crippen LogP contribution in [0.25, 0.3) is 78.4 Å². The van der Waals surface area contributed by atoms with Gasteiger partial charge in [-0.3, -0.25) is 0 Å². The molecular weight excluding hydrogens is 673 g/mol. The molecule has 5 nitrogen and oxygen atoms in total. The molecule has 8 aromatic rings. The number of aromatic nitrogens is 3. The van der Waals surface area contributed by atoms with Crippen molar-refractivity contribution in [1.82, 2.24) is 15.0 Å². The average molecular weight is 711 g/mol. The predicted octanol–water partition coefficient (Wildman–Crippen LogP) is 12.4. The quantitative estimate of drug-likeness (QED) is 0.172. The van der Waals surface area contributed by atoms with Gasteiger partial charge in [0.05, 0.1) is 11.6 Å². The molecule has 12 rings (SSSR count). The van der Waals surface area contributed by atoms with Gasteiger partial charge in [-0.1, -0.05) is 103 Å². The van der Waals surface area contributed by atoms with Crippen molar-refractivity contribution in [3.8, 4) is 62.5 Å². The van der Waals surface area contributed by atoms with Crippen LogP contribution in [0.4, 0.5) is 0 Å². The molecule has 0 aliphatic heterocycles. The third kappa shape index (κ3) is 5.55. The van der Waals surface area contributed by atoms with Gasteiger partial charge in [0, 0.05) is 27.5 Å². The van der Waals surface area contributed by atoms with E-state index in [1.807, 2.05) is 30.3 Å². The number of benzene rings is 6. The fourth-order valence-electron chi connectivity index (χ4n) is 10.6. The van der Waals surface area contributed by atoms with Crippen molar-refractivity contribution in [3.05, 3.63) is 151 Å². The Kier molecular flexibility index (Phi) is 7.35. The number of fused-ring (bicyclic) bond motifs is 3. The van der Waals surface area contributed by atoms with E-state index in [1.165, 1.54) is 49.7 Å². The normalized spacial score (nSPS) is 21.3. The van der Waals surface area contributed by atoms with Crippen LogP contribution in [0.3, 0.4) is 0 Å². The van der Waals surface area contributed by atoms with E-state index in [9.17, 15) is 5.26 Å². The van der Waals surface area contributed by atoms with E-state index < -0.39 is 0 Å². The molecule has 0 unspecified atom stereocenters. The van der Waals surface area contributed by atoms with Gasteiger partial charge in [0.2, 0.25) is 0 Å². The van der Waals surface area contributed by atoms with Crippen molar-refractivity contribution in [3.63, 3.8) is 0 Å². The largest absolute Gasteiger partial charge is 0.456 e. The minimum Gasteiger partial charge on any atom is -0.456 e. The maximum atomic E-state index is 9.44. The highest BCUT2D eigenvalue weighted by molar-refractivity contribution is 6.06. The van der Waals surface area contributed by atoms with Gasteiger partial charge in [-0.25, -0.2) is 15.0 Å². The molecule has 4 saturated carbocycles. The van der Waals surface area contributed by atoms with Gasteiger partial charge in [0.15, 0.2) is 17.5 Å². The van der Waals surface area contributed by atoms with Crippen LogP contribution in [0.1, 0.15) is 49.7 Å². The lowest BCUT2D eigenvalue weighted by atomic mass is 9.48. The first-order valence-corrected chi connectivity index (χ1v) is 19.6. The van der Waals surface area contributed by atoms with Gasteiger partial charge in [-0.15, -0.1) is 0 Å². The lowest BCUT2D eigenvalue weighted by molar-refractivity contribution is -0.00518. The Bertz CT molecular complexity index is 2780. The Balaban J connectivity index is 0.981. The van der Waals surface area contributed by atoms with E-state index in [0.717, 1.165) is 73.1 Å². The minimum absolute atomic E-state index is 0.370. The third-order valence-corrected chi connectivity index (χ3v) is 12.7. The summed E-state index contributed by atoms with van der Waals surface area (Å²) in [5.41, 5.74) is 11.2. The summed E-state index contributed by atoms with van der Waals surface area (Å²) >= 11 is 0. The first kappa shape index (κ1) is 32.1. The fraction of sp³-hybridized carbons (Fsp3) is 0.200. The second kappa shape index (κ2) is 12.6. The molecule has 0 atom stereocenters. The summed E-state index contributed by atoms with van der Waals surface area (Å²) in [6.45, 7) is 0. The lowest BCUT2D eigenvalue weighted by Crippen LogP contribution is -2.48. The first-order chi connectivity index (χ1) is 27.1. The molecule has 0 N–H and O–H groups in total. The Morgan fingerprint density at radius 3 is 1.85 bits per heavy atom. The molecular formula is C50H38N4O. The molecule has 0 saturated heterocycles. The second-order valence-corrected chi connectivity index (χ2v) is 16.2. The maximum Gasteiger partial charge on any atom is 0.164 e. The van der Waals surface area contributed by atoms with Crippen molar-refractivity contribution in [1.29, 1.82) is 5.26 Å². The van der Waals surface area contributed by atoms with E-state index in [0.29, 0.717) is 28.5 Å². The number of hydrogen-bond acceptors (Lipinski definition) is 5. The molecule has 4 aliphatic rings. The second-order valence-electron chi connectivity index (χ2n) is 16.2. The highest BCUT2D eigenvalue weighted by atomic mass is 16.3. The monoisotopic (exact) mass is 710 g/mol. The molecule has 55 heavy (non-hydrogen) atoms. The van der Waals surface area contributed by atoms with Crippen molar-refractivity contribution in [2.24, 2.45) is 17.8 Å². The maximum absolute atomic E-state index is 9.44. The van der Waals surface area contributed by atoms with Gasteiger partial charge < -0.3 is 4.42 Å². The summed E-state index contributed by atoms with van der Waals surface area (Å²) in [5, 5.41) is 11.4. The molecule has 264 valence electrons. The van der Waals surface area contributed by atoms with E-state index >= 15 is 0 Å². The van der Waals surface area contributed by atoms with Crippen LogP contribution in [0, 0.1) is 29.1 Å². The number of nitriles is 1. The van der Waals surface area contributed by atoms with Crippen molar-refractivity contribution < 1.29 is 4.42 Å². The van der Waals surface area contributed by atoms with Gasteiger partial charge in [0.1, 0.15) is 11.2 Å². The molecule has 2 aromatic heterocycles. The van der Waals surface area contributed by atoms with Gasteiger partial charge in [-0.05, 0) is 126 Å². The van der Waals surface area contributed by atoms with E-state index in [1.54, 1.807) is 6.07 Å². The van der Waals surface area contributed by atoms with Gasteiger partial charge >= 0.3 is 0 Å². The zero-order chi connectivity index (χ0) is 36.5. The summed E-state index contributed by atoms with van der Waals surface area (Å²) < 4.78 is 6.22. The van der Waals surface area contributed by atoms with Crippen LogP contribution in [0.5, 0.6) is 0 Å². The molecule has 4 aliphatic carbocycles. The van der Waals surface area contributed by atoms with Crippen LogP contribution in [-0.2, 0) is 5.41 Å². The molecule has 0 spiro atoms. The highest BCUT2D eigenvalue weighted by Crippen LogP contribution is 2.60. The number of nitrogens with zero attached hydrogens (tertiary/aromatic N) is 4. The van der Waals surface area contributed by atoms with Gasteiger partial charge in [-0.2, -0.15) is 5.26 Å². The fourth-order valence-corrected chi connectivity index (χ4v) is 10.6. The van der Waals surface area contributed by atoms with Crippen LogP contribution in [-0.4, -0.2) is 15.0 Å². The topological polar surface area (TPSA) is 75.6 Å². The summed E-state index contributed by atoms with van der Waals surface area (Å²) in [4.78, 5) is 15.4. The smallest absolute Gasteiger partial charge is 0.164 e. The summed E-state index contributed by atoms with van der Waals surface area (Å²) in [6.07, 6.45) is 8.47. The zero-order valence-electron chi connectivity index (χ0n) is 30.5. The van der Waals surface area contributed by atoms with E-state index in [2.05, 4.69) is 109 Å². The zero-order valence-corrected chi connectivity index (χ0v) is 30.5. The van der Waals surface area contributed by atoms with Gasteiger partial charge in [0.25, 0.3) is 0 Å². The summed E-state index contributed by atoms with van der Waals surface area (Å²) in [5.74, 6) is 4.66. The van der Waals surface area contributed by atoms with Crippen LogP contribution < -0.4 is 0 Å². The average Bonchev–Trinajstić information content (AvgIpc) is 3.60. The molecule has 4 bridgehead atoms. The molecule has 4 fully saturated rings. The molecule has 0 amide bonds. The Hall–Kier alpha value is -6.38. The van der Waals surface area contributed by atoms with Crippen LogP contribution in [0.15, 0.2) is 144 Å². The van der Waals surface area contributed by atoms with E-state index in [-0.39, 0.29) is 0 Å². The third-order valence-electron chi connectivity index (χ3n) is 12.7. The van der Waals surface area contributed by atoms with E-state index in [4.69, 9.17) is 19.4 Å². The molecule has 0 radical (unpaired) electrons.